The van der Waals surface area contributed by atoms with Crippen LogP contribution in [0.4, 0.5) is 14.5 Å². The molecule has 0 bridgehead atoms. The van der Waals surface area contributed by atoms with Crippen LogP contribution in [0, 0.1) is 18.6 Å². The number of nitrogens with one attached hydrogen (secondary N) is 1. The number of aryl methyl sites for hydroxylation is 1. The smallest absolute Gasteiger partial charge is 0.279 e. The number of rotatable bonds is 5. The highest BCUT2D eigenvalue weighted by atomic mass is 35.5. The van der Waals surface area contributed by atoms with Crippen LogP contribution in [0.25, 0.3) is 0 Å². The predicted molar refractivity (Wildman–Crippen MR) is 91.4 cm³/mol. The fraction of sp³-hybridized carbons (Fsp3) is 0.235. The van der Waals surface area contributed by atoms with Crippen LogP contribution in [0.3, 0.4) is 0 Å². The lowest BCUT2D eigenvalue weighted by Crippen LogP contribution is -2.86. The lowest BCUT2D eigenvalue weighted by molar-refractivity contribution is -0.682. The fourth-order valence-electron chi connectivity index (χ4n) is 2.24. The zero-order valence-corrected chi connectivity index (χ0v) is 14.7. The molecule has 0 aliphatic heterocycles. The summed E-state index contributed by atoms with van der Waals surface area (Å²) in [7, 11) is 0. The monoisotopic (exact) mass is 373 g/mol. The Morgan fingerprint density at radius 2 is 1.96 bits per heavy atom. The lowest BCUT2D eigenvalue weighted by atomic mass is 10.1. The molecule has 0 aliphatic carbocycles. The molecule has 0 fully saturated rings. The molecule has 0 saturated heterocycles. The van der Waals surface area contributed by atoms with Crippen molar-refractivity contribution in [3.05, 3.63) is 63.1 Å². The maximum Gasteiger partial charge on any atom is 0.279 e. The lowest BCUT2D eigenvalue weighted by Gasteiger charge is -2.13. The van der Waals surface area contributed by atoms with Crippen LogP contribution in [0.2, 0.25) is 10.0 Å². The summed E-state index contributed by atoms with van der Waals surface area (Å²) in [5.74, 6) is -1.59. The molecule has 128 valence electrons. The zero-order valence-electron chi connectivity index (χ0n) is 13.2. The molecule has 24 heavy (non-hydrogen) atoms. The van der Waals surface area contributed by atoms with Gasteiger partial charge < -0.3 is 10.6 Å². The minimum absolute atomic E-state index is 0.0403. The maximum atomic E-state index is 13.7. The average Bonchev–Trinajstić information content (AvgIpc) is 2.53. The van der Waals surface area contributed by atoms with Gasteiger partial charge in [-0.3, -0.25) is 4.79 Å². The van der Waals surface area contributed by atoms with Crippen molar-refractivity contribution < 1.29 is 18.9 Å². The quantitative estimate of drug-likeness (QED) is 0.821. The molecule has 2 rings (SSSR count). The molecule has 0 radical (unpaired) electrons. The van der Waals surface area contributed by atoms with Crippen LogP contribution in [0.5, 0.6) is 0 Å². The summed E-state index contributed by atoms with van der Waals surface area (Å²) in [4.78, 5) is 12.1. The number of hydrogen-bond donors (Lipinski definition) is 2. The average molecular weight is 374 g/mol. The van der Waals surface area contributed by atoms with Gasteiger partial charge in [0.25, 0.3) is 5.91 Å². The van der Waals surface area contributed by atoms with E-state index in [0.717, 1.165) is 11.6 Å². The molecule has 0 unspecified atom stereocenters. The van der Waals surface area contributed by atoms with E-state index < -0.39 is 11.6 Å². The third-order valence-corrected chi connectivity index (χ3v) is 4.46. The summed E-state index contributed by atoms with van der Waals surface area (Å²) in [6.07, 6.45) is 0. The van der Waals surface area contributed by atoms with Crippen molar-refractivity contribution in [3.63, 3.8) is 0 Å². The van der Waals surface area contributed by atoms with E-state index in [-0.39, 0.29) is 18.5 Å². The van der Waals surface area contributed by atoms with Crippen molar-refractivity contribution >= 4 is 34.8 Å². The standard InChI is InChI=1S/C17H16Cl2F2N2O/c1-9-3-6-13(18)17(16(9)19)23-15(24)8-22-10(2)12-5-4-11(20)7-14(12)21/h3-7,10,22H,8H2,1-2H3,(H,23,24)/p+1/t10-/m0/s1. The molecule has 0 heterocycles. The first-order valence-corrected chi connectivity index (χ1v) is 8.08. The first-order valence-electron chi connectivity index (χ1n) is 7.32. The topological polar surface area (TPSA) is 45.7 Å². The number of hydrogen-bond acceptors (Lipinski definition) is 1. The van der Waals surface area contributed by atoms with Gasteiger partial charge in [-0.1, -0.05) is 29.3 Å². The molecule has 1 amide bonds. The van der Waals surface area contributed by atoms with E-state index in [1.165, 1.54) is 12.1 Å². The van der Waals surface area contributed by atoms with Crippen LogP contribution in [-0.4, -0.2) is 12.5 Å². The Morgan fingerprint density at radius 3 is 2.62 bits per heavy atom. The molecule has 2 aromatic rings. The molecule has 0 aromatic heterocycles. The van der Waals surface area contributed by atoms with Crippen molar-refractivity contribution in [2.75, 3.05) is 11.9 Å². The van der Waals surface area contributed by atoms with Gasteiger partial charge in [-0.05, 0) is 37.6 Å². The molecule has 0 spiro atoms. The minimum atomic E-state index is -0.635. The van der Waals surface area contributed by atoms with Crippen molar-refractivity contribution in [3.8, 4) is 0 Å². The first-order chi connectivity index (χ1) is 11.3. The second-order valence-electron chi connectivity index (χ2n) is 5.50. The van der Waals surface area contributed by atoms with Gasteiger partial charge in [-0.25, -0.2) is 8.78 Å². The fourth-order valence-corrected chi connectivity index (χ4v) is 2.71. The largest absolute Gasteiger partial charge is 0.332 e. The maximum absolute atomic E-state index is 13.7. The highest BCUT2D eigenvalue weighted by molar-refractivity contribution is 6.40. The molecule has 7 heteroatoms. The summed E-state index contributed by atoms with van der Waals surface area (Å²) in [5, 5.41) is 5.03. The van der Waals surface area contributed by atoms with Crippen LogP contribution in [-0.2, 0) is 4.79 Å². The van der Waals surface area contributed by atoms with E-state index in [4.69, 9.17) is 23.2 Å². The number of anilines is 1. The Labute approximate surface area is 149 Å². The third kappa shape index (κ3) is 4.44. The molecule has 0 saturated carbocycles. The van der Waals surface area contributed by atoms with Gasteiger partial charge in [0, 0.05) is 11.6 Å². The third-order valence-electron chi connectivity index (χ3n) is 3.66. The summed E-state index contributed by atoms with van der Waals surface area (Å²) >= 11 is 12.2. The number of quaternary nitrogens is 1. The number of carbonyl (C=O) groups is 1. The number of amides is 1. The molecular formula is C17H17Cl2F2N2O+. The van der Waals surface area contributed by atoms with Crippen molar-refractivity contribution in [1.29, 1.82) is 0 Å². The highest BCUT2D eigenvalue weighted by Gasteiger charge is 2.17. The summed E-state index contributed by atoms with van der Waals surface area (Å²) in [6.45, 7) is 3.58. The van der Waals surface area contributed by atoms with Crippen LogP contribution in [0.1, 0.15) is 24.1 Å². The predicted octanol–water partition coefficient (Wildman–Crippen LogP) is 3.84. The number of carbonyl (C=O) groups excluding carboxylic acids is 1. The normalized spacial score (nSPS) is 12.1. The van der Waals surface area contributed by atoms with Crippen molar-refractivity contribution in [2.24, 2.45) is 0 Å². The van der Waals surface area contributed by atoms with E-state index >= 15 is 0 Å². The van der Waals surface area contributed by atoms with Gasteiger partial charge in [0.1, 0.15) is 17.7 Å². The Balaban J connectivity index is 2.00. The molecule has 0 aliphatic rings. The van der Waals surface area contributed by atoms with Crippen LogP contribution < -0.4 is 10.6 Å². The van der Waals surface area contributed by atoms with Crippen molar-refractivity contribution in [2.45, 2.75) is 19.9 Å². The van der Waals surface area contributed by atoms with Crippen molar-refractivity contribution in [1.82, 2.24) is 0 Å². The zero-order chi connectivity index (χ0) is 17.9. The molecule has 2 aromatic carbocycles. The van der Waals surface area contributed by atoms with E-state index in [2.05, 4.69) is 5.32 Å². The number of halogens is 4. The van der Waals surface area contributed by atoms with E-state index in [0.29, 0.717) is 21.3 Å². The van der Waals surface area contributed by atoms with Crippen LogP contribution in [0.15, 0.2) is 30.3 Å². The van der Waals surface area contributed by atoms with Gasteiger partial charge in [0.05, 0.1) is 15.7 Å². The molecular weight excluding hydrogens is 357 g/mol. The van der Waals surface area contributed by atoms with Gasteiger partial charge in [0.2, 0.25) is 0 Å². The number of nitrogens with two attached hydrogens (primary N) is 1. The Bertz CT molecular complexity index is 768. The van der Waals surface area contributed by atoms with Gasteiger partial charge in [0.15, 0.2) is 6.54 Å². The number of benzene rings is 2. The molecule has 1 atom stereocenters. The first kappa shape index (κ1) is 18.6. The molecule has 3 N–H and O–H groups in total. The van der Waals surface area contributed by atoms with Gasteiger partial charge >= 0.3 is 0 Å². The Hall–Kier alpha value is -1.69. The molecule has 3 nitrogen and oxygen atoms in total. The summed E-state index contributed by atoms with van der Waals surface area (Å²) in [5.41, 5.74) is 1.48. The van der Waals surface area contributed by atoms with E-state index in [9.17, 15) is 13.6 Å². The van der Waals surface area contributed by atoms with Crippen LogP contribution >= 0.6 is 23.2 Å². The minimum Gasteiger partial charge on any atom is -0.332 e. The van der Waals surface area contributed by atoms with E-state index in [1.807, 2.05) is 0 Å². The second-order valence-corrected chi connectivity index (χ2v) is 6.28. The van der Waals surface area contributed by atoms with E-state index in [1.54, 1.807) is 31.3 Å². The summed E-state index contributed by atoms with van der Waals surface area (Å²) in [6, 6.07) is 6.45. The van der Waals surface area contributed by atoms with Gasteiger partial charge in [-0.15, -0.1) is 0 Å². The Morgan fingerprint density at radius 1 is 1.25 bits per heavy atom. The SMILES string of the molecule is Cc1ccc(Cl)c(NC(=O)C[NH2+][C@@H](C)c2ccc(F)cc2F)c1Cl. The van der Waals surface area contributed by atoms with Gasteiger partial charge in [-0.2, -0.15) is 0 Å². The summed E-state index contributed by atoms with van der Waals surface area (Å²) < 4.78 is 26.7. The Kier molecular flexibility index (Phi) is 6.15. The second kappa shape index (κ2) is 7.92. The highest BCUT2D eigenvalue weighted by Crippen LogP contribution is 2.32.